The number of hydrogen-bond acceptors (Lipinski definition) is 2. The fourth-order valence-electron chi connectivity index (χ4n) is 2.52. The van der Waals surface area contributed by atoms with Gasteiger partial charge in [0.05, 0.1) is 18.3 Å². The van der Waals surface area contributed by atoms with E-state index in [0.29, 0.717) is 6.04 Å². The highest BCUT2D eigenvalue weighted by molar-refractivity contribution is 5.51. The van der Waals surface area contributed by atoms with Gasteiger partial charge >= 0.3 is 0 Å². The number of para-hydroxylation sites is 1. The SMILES string of the molecule is CCc1ccccc1NCc1ccn(C(CC)CC)n1. The largest absolute Gasteiger partial charge is 0.379 e. The van der Waals surface area contributed by atoms with Gasteiger partial charge in [-0.2, -0.15) is 5.10 Å². The molecule has 0 spiro atoms. The van der Waals surface area contributed by atoms with Gasteiger partial charge in [0.1, 0.15) is 0 Å². The van der Waals surface area contributed by atoms with Gasteiger partial charge in [0.25, 0.3) is 0 Å². The number of rotatable bonds is 7. The molecule has 2 rings (SSSR count). The summed E-state index contributed by atoms with van der Waals surface area (Å²) >= 11 is 0. The maximum Gasteiger partial charge on any atom is 0.0815 e. The van der Waals surface area contributed by atoms with Crippen LogP contribution in [0.1, 0.15) is 50.9 Å². The summed E-state index contributed by atoms with van der Waals surface area (Å²) in [6, 6.07) is 11.1. The Morgan fingerprint density at radius 2 is 1.85 bits per heavy atom. The zero-order valence-corrected chi connectivity index (χ0v) is 12.8. The van der Waals surface area contributed by atoms with Crippen LogP contribution in [0.25, 0.3) is 0 Å². The topological polar surface area (TPSA) is 29.9 Å². The highest BCUT2D eigenvalue weighted by Gasteiger charge is 2.08. The van der Waals surface area contributed by atoms with Crippen molar-refractivity contribution in [2.75, 3.05) is 5.32 Å². The average molecular weight is 271 g/mol. The third-order valence-corrected chi connectivity index (χ3v) is 3.84. The molecule has 3 heteroatoms. The van der Waals surface area contributed by atoms with Gasteiger partial charge in [0, 0.05) is 11.9 Å². The van der Waals surface area contributed by atoms with Crippen molar-refractivity contribution >= 4 is 5.69 Å². The van der Waals surface area contributed by atoms with E-state index in [1.54, 1.807) is 0 Å². The fourth-order valence-corrected chi connectivity index (χ4v) is 2.52. The lowest BCUT2D eigenvalue weighted by Crippen LogP contribution is -2.09. The summed E-state index contributed by atoms with van der Waals surface area (Å²) < 4.78 is 2.10. The van der Waals surface area contributed by atoms with Crippen LogP contribution in [0.2, 0.25) is 0 Å². The lowest BCUT2D eigenvalue weighted by atomic mass is 10.1. The number of benzene rings is 1. The van der Waals surface area contributed by atoms with Crippen LogP contribution in [0.3, 0.4) is 0 Å². The maximum atomic E-state index is 4.68. The van der Waals surface area contributed by atoms with E-state index in [2.05, 4.69) is 72.4 Å². The summed E-state index contributed by atoms with van der Waals surface area (Å²) in [5, 5.41) is 8.17. The van der Waals surface area contributed by atoms with Crippen LogP contribution in [-0.4, -0.2) is 9.78 Å². The normalized spacial score (nSPS) is 11.0. The molecule has 2 aromatic rings. The highest BCUT2D eigenvalue weighted by Crippen LogP contribution is 2.17. The minimum absolute atomic E-state index is 0.520. The van der Waals surface area contributed by atoms with E-state index in [0.717, 1.165) is 31.5 Å². The van der Waals surface area contributed by atoms with Gasteiger partial charge in [0.15, 0.2) is 0 Å². The van der Waals surface area contributed by atoms with Gasteiger partial charge in [-0.3, -0.25) is 4.68 Å². The Morgan fingerprint density at radius 1 is 1.10 bits per heavy atom. The van der Waals surface area contributed by atoms with E-state index in [-0.39, 0.29) is 0 Å². The lowest BCUT2D eigenvalue weighted by Gasteiger charge is -2.13. The zero-order valence-electron chi connectivity index (χ0n) is 12.8. The first-order valence-electron chi connectivity index (χ1n) is 7.64. The number of aromatic nitrogens is 2. The second-order valence-corrected chi connectivity index (χ2v) is 5.12. The van der Waals surface area contributed by atoms with Crippen LogP contribution in [0.15, 0.2) is 36.5 Å². The molecule has 0 aliphatic rings. The summed E-state index contributed by atoms with van der Waals surface area (Å²) in [7, 11) is 0. The lowest BCUT2D eigenvalue weighted by molar-refractivity contribution is 0.426. The number of nitrogens with zero attached hydrogens (tertiary/aromatic N) is 2. The molecule has 0 atom stereocenters. The zero-order chi connectivity index (χ0) is 14.4. The van der Waals surface area contributed by atoms with Crippen LogP contribution in [0, 0.1) is 0 Å². The quantitative estimate of drug-likeness (QED) is 0.808. The Kier molecular flexibility index (Phi) is 5.22. The van der Waals surface area contributed by atoms with Crippen molar-refractivity contribution in [2.45, 2.75) is 52.6 Å². The standard InChI is InChI=1S/C17H25N3/c1-4-14-9-7-8-10-17(14)18-13-15-11-12-20(19-15)16(5-2)6-3/h7-12,16,18H,4-6,13H2,1-3H3. The van der Waals surface area contributed by atoms with Crippen molar-refractivity contribution in [3.63, 3.8) is 0 Å². The molecule has 108 valence electrons. The molecule has 0 saturated heterocycles. The van der Waals surface area contributed by atoms with Crippen LogP contribution >= 0.6 is 0 Å². The first-order chi connectivity index (χ1) is 9.78. The molecular formula is C17H25N3. The monoisotopic (exact) mass is 271 g/mol. The van der Waals surface area contributed by atoms with Gasteiger partial charge in [-0.25, -0.2) is 0 Å². The number of hydrogen-bond donors (Lipinski definition) is 1. The Balaban J connectivity index is 2.01. The summed E-state index contributed by atoms with van der Waals surface area (Å²) in [4.78, 5) is 0. The Labute approximate surface area is 122 Å². The predicted molar refractivity (Wildman–Crippen MR) is 85.0 cm³/mol. The van der Waals surface area contributed by atoms with Crippen molar-refractivity contribution in [1.82, 2.24) is 9.78 Å². The van der Waals surface area contributed by atoms with Gasteiger partial charge in [-0.1, -0.05) is 39.0 Å². The molecular weight excluding hydrogens is 246 g/mol. The third kappa shape index (κ3) is 3.41. The van der Waals surface area contributed by atoms with Crippen molar-refractivity contribution in [3.05, 3.63) is 47.8 Å². The molecule has 0 fully saturated rings. The van der Waals surface area contributed by atoms with E-state index in [9.17, 15) is 0 Å². The highest BCUT2D eigenvalue weighted by atomic mass is 15.3. The molecule has 0 unspecified atom stereocenters. The van der Waals surface area contributed by atoms with E-state index in [1.165, 1.54) is 11.3 Å². The molecule has 0 saturated carbocycles. The van der Waals surface area contributed by atoms with Crippen molar-refractivity contribution in [3.8, 4) is 0 Å². The Bertz CT molecular complexity index is 527. The van der Waals surface area contributed by atoms with Crippen LogP contribution in [0.4, 0.5) is 5.69 Å². The summed E-state index contributed by atoms with van der Waals surface area (Å²) in [5.74, 6) is 0. The van der Waals surface area contributed by atoms with Crippen LogP contribution in [0.5, 0.6) is 0 Å². The van der Waals surface area contributed by atoms with Crippen LogP contribution < -0.4 is 5.32 Å². The second kappa shape index (κ2) is 7.13. The molecule has 0 amide bonds. The average Bonchev–Trinajstić information content (AvgIpc) is 2.95. The van der Waals surface area contributed by atoms with Gasteiger partial charge in [-0.15, -0.1) is 0 Å². The molecule has 20 heavy (non-hydrogen) atoms. The molecule has 1 aromatic carbocycles. The molecule has 0 bridgehead atoms. The summed E-state index contributed by atoms with van der Waals surface area (Å²) in [6.45, 7) is 7.39. The minimum atomic E-state index is 0.520. The first-order valence-corrected chi connectivity index (χ1v) is 7.64. The van der Waals surface area contributed by atoms with E-state index < -0.39 is 0 Å². The predicted octanol–water partition coefficient (Wildman–Crippen LogP) is 4.42. The fraction of sp³-hybridized carbons (Fsp3) is 0.471. The van der Waals surface area contributed by atoms with Crippen molar-refractivity contribution in [1.29, 1.82) is 0 Å². The number of anilines is 1. The van der Waals surface area contributed by atoms with Gasteiger partial charge in [0.2, 0.25) is 0 Å². The summed E-state index contributed by atoms with van der Waals surface area (Å²) in [5.41, 5.74) is 3.67. The molecule has 3 nitrogen and oxygen atoms in total. The first kappa shape index (κ1) is 14.6. The Hall–Kier alpha value is -1.77. The molecule has 0 radical (unpaired) electrons. The smallest absolute Gasteiger partial charge is 0.0815 e. The van der Waals surface area contributed by atoms with E-state index in [1.807, 2.05) is 0 Å². The maximum absolute atomic E-state index is 4.68. The van der Waals surface area contributed by atoms with Gasteiger partial charge < -0.3 is 5.32 Å². The van der Waals surface area contributed by atoms with Crippen molar-refractivity contribution < 1.29 is 0 Å². The second-order valence-electron chi connectivity index (χ2n) is 5.12. The van der Waals surface area contributed by atoms with Gasteiger partial charge in [-0.05, 0) is 37.0 Å². The molecule has 1 heterocycles. The molecule has 0 aliphatic heterocycles. The molecule has 1 N–H and O–H groups in total. The van der Waals surface area contributed by atoms with Crippen LogP contribution in [-0.2, 0) is 13.0 Å². The number of aryl methyl sites for hydroxylation is 1. The molecule has 1 aromatic heterocycles. The third-order valence-electron chi connectivity index (χ3n) is 3.84. The minimum Gasteiger partial charge on any atom is -0.379 e. The van der Waals surface area contributed by atoms with E-state index >= 15 is 0 Å². The Morgan fingerprint density at radius 3 is 2.55 bits per heavy atom. The molecule has 0 aliphatic carbocycles. The van der Waals surface area contributed by atoms with Crippen molar-refractivity contribution in [2.24, 2.45) is 0 Å². The summed E-state index contributed by atoms with van der Waals surface area (Å²) in [6.07, 6.45) is 5.40. The van der Waals surface area contributed by atoms with E-state index in [4.69, 9.17) is 0 Å². The number of nitrogens with one attached hydrogen (secondary N) is 1.